The fourth-order valence-electron chi connectivity index (χ4n) is 2.05. The summed E-state index contributed by atoms with van der Waals surface area (Å²) < 4.78 is 5.19. The van der Waals surface area contributed by atoms with Gasteiger partial charge in [0, 0.05) is 16.6 Å². The number of rotatable bonds is 6. The fraction of sp³-hybridized carbons (Fsp3) is 0.333. The molecule has 0 saturated heterocycles. The Bertz CT molecular complexity index is 524. The number of nitrogens with one attached hydrogen (secondary N) is 1. The Kier molecular flexibility index (Phi) is 5.32. The zero-order valence-corrected chi connectivity index (χ0v) is 12.3. The van der Waals surface area contributed by atoms with E-state index in [1.54, 1.807) is 6.26 Å². The van der Waals surface area contributed by atoms with Crippen molar-refractivity contribution in [3.8, 4) is 0 Å². The molecule has 0 bridgehead atoms. The van der Waals surface area contributed by atoms with Gasteiger partial charge in [-0.3, -0.25) is 0 Å². The molecule has 2 nitrogen and oxygen atoms in total. The van der Waals surface area contributed by atoms with Crippen LogP contribution in [-0.2, 0) is 6.42 Å². The van der Waals surface area contributed by atoms with Crippen molar-refractivity contribution < 1.29 is 4.42 Å². The first kappa shape index (κ1) is 14.4. The third kappa shape index (κ3) is 3.75. The standard InChI is InChI=1S/C15H17Cl2NO/c1-2-8-18-14(12-7-9-19-15(12)17)10-11-5-3-4-6-13(11)16/h3-7,9,14,18H,2,8,10H2,1H3. The lowest BCUT2D eigenvalue weighted by Gasteiger charge is -2.18. The summed E-state index contributed by atoms with van der Waals surface area (Å²) in [5.74, 6) is 0. The Balaban J connectivity index is 2.19. The average Bonchev–Trinajstić information content (AvgIpc) is 2.83. The summed E-state index contributed by atoms with van der Waals surface area (Å²) in [6.07, 6.45) is 3.47. The molecule has 2 rings (SSSR count). The molecule has 102 valence electrons. The fourth-order valence-corrected chi connectivity index (χ4v) is 2.51. The summed E-state index contributed by atoms with van der Waals surface area (Å²) in [4.78, 5) is 0. The molecular weight excluding hydrogens is 281 g/mol. The molecule has 0 saturated carbocycles. The van der Waals surface area contributed by atoms with Crippen LogP contribution in [0.4, 0.5) is 0 Å². The molecular formula is C15H17Cl2NO. The lowest BCUT2D eigenvalue weighted by molar-refractivity contribution is 0.513. The van der Waals surface area contributed by atoms with Gasteiger partial charge in [0.25, 0.3) is 0 Å². The van der Waals surface area contributed by atoms with E-state index < -0.39 is 0 Å². The molecule has 19 heavy (non-hydrogen) atoms. The Labute approximate surface area is 123 Å². The second-order valence-electron chi connectivity index (χ2n) is 4.45. The molecule has 0 aliphatic heterocycles. The monoisotopic (exact) mass is 297 g/mol. The molecule has 0 aliphatic carbocycles. The van der Waals surface area contributed by atoms with E-state index in [4.69, 9.17) is 27.6 Å². The van der Waals surface area contributed by atoms with Crippen LogP contribution in [0.1, 0.15) is 30.5 Å². The summed E-state index contributed by atoms with van der Waals surface area (Å²) in [6.45, 7) is 3.06. The molecule has 0 spiro atoms. The quantitative estimate of drug-likeness (QED) is 0.823. The van der Waals surface area contributed by atoms with Gasteiger partial charge in [-0.2, -0.15) is 0 Å². The van der Waals surface area contributed by atoms with Crippen molar-refractivity contribution in [3.63, 3.8) is 0 Å². The number of hydrogen-bond acceptors (Lipinski definition) is 2. The number of hydrogen-bond donors (Lipinski definition) is 1. The lowest BCUT2D eigenvalue weighted by Crippen LogP contribution is -2.24. The van der Waals surface area contributed by atoms with Crippen LogP contribution in [0.15, 0.2) is 41.0 Å². The van der Waals surface area contributed by atoms with Crippen LogP contribution in [-0.4, -0.2) is 6.54 Å². The van der Waals surface area contributed by atoms with E-state index in [1.807, 2.05) is 30.3 Å². The van der Waals surface area contributed by atoms with E-state index in [-0.39, 0.29) is 6.04 Å². The maximum Gasteiger partial charge on any atom is 0.197 e. The van der Waals surface area contributed by atoms with Gasteiger partial charge in [-0.1, -0.05) is 36.7 Å². The predicted octanol–water partition coefficient (Wildman–Crippen LogP) is 4.87. The van der Waals surface area contributed by atoms with Gasteiger partial charge in [-0.25, -0.2) is 0 Å². The molecule has 1 atom stereocenters. The number of benzene rings is 1. The van der Waals surface area contributed by atoms with Crippen LogP contribution in [0, 0.1) is 0 Å². The van der Waals surface area contributed by atoms with E-state index in [0.717, 1.165) is 35.5 Å². The smallest absolute Gasteiger partial charge is 0.197 e. The van der Waals surface area contributed by atoms with Gasteiger partial charge >= 0.3 is 0 Å². The topological polar surface area (TPSA) is 25.2 Å². The van der Waals surface area contributed by atoms with Crippen LogP contribution in [0.25, 0.3) is 0 Å². The maximum absolute atomic E-state index is 6.22. The molecule has 1 N–H and O–H groups in total. The first-order chi connectivity index (χ1) is 9.22. The van der Waals surface area contributed by atoms with E-state index in [1.165, 1.54) is 0 Å². The Hall–Kier alpha value is -0.960. The second-order valence-corrected chi connectivity index (χ2v) is 5.20. The lowest BCUT2D eigenvalue weighted by atomic mass is 10.0. The first-order valence-corrected chi connectivity index (χ1v) is 7.17. The Morgan fingerprint density at radius 1 is 1.21 bits per heavy atom. The van der Waals surface area contributed by atoms with Crippen LogP contribution in [0.5, 0.6) is 0 Å². The first-order valence-electron chi connectivity index (χ1n) is 6.42. The van der Waals surface area contributed by atoms with Crippen LogP contribution < -0.4 is 5.32 Å². The Morgan fingerprint density at radius 2 is 2.00 bits per heavy atom. The highest BCUT2D eigenvalue weighted by Gasteiger charge is 2.17. The zero-order chi connectivity index (χ0) is 13.7. The van der Waals surface area contributed by atoms with E-state index >= 15 is 0 Å². The normalized spacial score (nSPS) is 12.6. The van der Waals surface area contributed by atoms with Crippen molar-refractivity contribution in [2.24, 2.45) is 0 Å². The summed E-state index contributed by atoms with van der Waals surface area (Å²) >= 11 is 12.3. The van der Waals surface area contributed by atoms with Gasteiger partial charge in [-0.05, 0) is 48.7 Å². The van der Waals surface area contributed by atoms with E-state index in [2.05, 4.69) is 12.2 Å². The van der Waals surface area contributed by atoms with Crippen molar-refractivity contribution in [1.82, 2.24) is 5.32 Å². The minimum atomic E-state index is 0.117. The van der Waals surface area contributed by atoms with Crippen molar-refractivity contribution in [1.29, 1.82) is 0 Å². The minimum Gasteiger partial charge on any atom is -0.453 e. The maximum atomic E-state index is 6.22. The molecule has 2 aromatic rings. The van der Waals surface area contributed by atoms with Crippen LogP contribution >= 0.6 is 23.2 Å². The molecule has 0 radical (unpaired) electrons. The third-order valence-electron chi connectivity index (χ3n) is 3.04. The minimum absolute atomic E-state index is 0.117. The summed E-state index contributed by atoms with van der Waals surface area (Å²) in [5, 5.41) is 4.71. The third-order valence-corrected chi connectivity index (χ3v) is 3.72. The van der Waals surface area contributed by atoms with Gasteiger partial charge in [0.1, 0.15) is 0 Å². The molecule has 0 aliphatic rings. The Morgan fingerprint density at radius 3 is 2.63 bits per heavy atom. The van der Waals surface area contributed by atoms with E-state index in [9.17, 15) is 0 Å². The number of furan rings is 1. The van der Waals surface area contributed by atoms with Gasteiger partial charge < -0.3 is 9.73 Å². The highest BCUT2D eigenvalue weighted by atomic mass is 35.5. The van der Waals surface area contributed by atoms with Crippen molar-refractivity contribution >= 4 is 23.2 Å². The summed E-state index contributed by atoms with van der Waals surface area (Å²) in [7, 11) is 0. The molecule has 1 heterocycles. The average molecular weight is 298 g/mol. The van der Waals surface area contributed by atoms with Crippen molar-refractivity contribution in [2.75, 3.05) is 6.54 Å². The zero-order valence-electron chi connectivity index (χ0n) is 10.8. The summed E-state index contributed by atoms with van der Waals surface area (Å²) in [6, 6.07) is 9.90. The number of halogens is 2. The van der Waals surface area contributed by atoms with Gasteiger partial charge in [0.05, 0.1) is 6.26 Å². The van der Waals surface area contributed by atoms with E-state index in [0.29, 0.717) is 5.22 Å². The molecule has 0 amide bonds. The molecule has 4 heteroatoms. The molecule has 0 fully saturated rings. The molecule has 1 aromatic heterocycles. The van der Waals surface area contributed by atoms with Crippen molar-refractivity contribution in [2.45, 2.75) is 25.8 Å². The summed E-state index contributed by atoms with van der Waals surface area (Å²) in [5.41, 5.74) is 2.09. The van der Waals surface area contributed by atoms with Crippen LogP contribution in [0.3, 0.4) is 0 Å². The second kappa shape index (κ2) is 6.99. The van der Waals surface area contributed by atoms with Gasteiger partial charge in [0.15, 0.2) is 5.22 Å². The van der Waals surface area contributed by atoms with Gasteiger partial charge in [0.2, 0.25) is 0 Å². The van der Waals surface area contributed by atoms with Crippen LogP contribution in [0.2, 0.25) is 10.2 Å². The van der Waals surface area contributed by atoms with Crippen molar-refractivity contribution in [3.05, 3.63) is 58.0 Å². The molecule has 1 unspecified atom stereocenters. The SMILES string of the molecule is CCCNC(Cc1ccccc1Cl)c1ccoc1Cl. The van der Waals surface area contributed by atoms with Gasteiger partial charge in [-0.15, -0.1) is 0 Å². The highest BCUT2D eigenvalue weighted by Crippen LogP contribution is 2.28. The molecule has 1 aromatic carbocycles. The highest BCUT2D eigenvalue weighted by molar-refractivity contribution is 6.31. The predicted molar refractivity (Wildman–Crippen MR) is 79.9 cm³/mol. The largest absolute Gasteiger partial charge is 0.453 e.